The first kappa shape index (κ1) is 21.3. The predicted octanol–water partition coefficient (Wildman–Crippen LogP) is 5.05. The van der Waals surface area contributed by atoms with Crippen LogP contribution in [0.25, 0.3) is 0 Å². The smallest absolute Gasteiger partial charge is 0.495 e. The molecule has 4 rings (SSSR count). The summed E-state index contributed by atoms with van der Waals surface area (Å²) >= 11 is 0. The molecule has 2 aromatic rings. The highest BCUT2D eigenvalue weighted by Crippen LogP contribution is 2.44. The maximum atomic E-state index is 12.7. The van der Waals surface area contributed by atoms with E-state index in [1.807, 2.05) is 24.3 Å². The number of ether oxygens (including phenoxy) is 2. The summed E-state index contributed by atoms with van der Waals surface area (Å²) in [5.41, 5.74) is 1.80. The number of benzene rings is 2. The standard InChI is InChI=1S/C23H25F3N2O3/c1-30-20-5-3-2-4-19(20)27-21-13-16-12-15(8-11-18(16)22(29)28-21)14-6-9-17(10-7-14)31-23(24,25)26/h2-7,9-10,15-16,18,21,27H,8,11-13H2,1H3,(H,28,29). The van der Waals surface area contributed by atoms with Gasteiger partial charge in [0.05, 0.1) is 19.0 Å². The first-order valence-corrected chi connectivity index (χ1v) is 10.4. The molecule has 0 spiro atoms. The van der Waals surface area contributed by atoms with Gasteiger partial charge in [-0.3, -0.25) is 4.79 Å². The van der Waals surface area contributed by atoms with Crippen LogP contribution < -0.4 is 20.1 Å². The number of hydrogen-bond donors (Lipinski definition) is 2. The SMILES string of the molecule is COc1ccccc1NC1CC2CC(c3ccc(OC(F)(F)F)cc3)CCC2C(=O)N1. The van der Waals surface area contributed by atoms with Crippen LogP contribution in [0.2, 0.25) is 0 Å². The Hall–Kier alpha value is -2.90. The number of carbonyl (C=O) groups is 1. The van der Waals surface area contributed by atoms with E-state index in [4.69, 9.17) is 4.74 Å². The zero-order chi connectivity index (χ0) is 22.0. The molecule has 0 radical (unpaired) electrons. The monoisotopic (exact) mass is 434 g/mol. The van der Waals surface area contributed by atoms with Crippen molar-refractivity contribution >= 4 is 11.6 Å². The van der Waals surface area contributed by atoms with Gasteiger partial charge in [0.2, 0.25) is 5.91 Å². The van der Waals surface area contributed by atoms with Gasteiger partial charge in [0.25, 0.3) is 0 Å². The van der Waals surface area contributed by atoms with E-state index < -0.39 is 6.36 Å². The Balaban J connectivity index is 1.42. The van der Waals surface area contributed by atoms with Crippen LogP contribution in [-0.4, -0.2) is 25.5 Å². The lowest BCUT2D eigenvalue weighted by molar-refractivity contribution is -0.274. The molecule has 4 atom stereocenters. The van der Waals surface area contributed by atoms with Crippen LogP contribution in [0.3, 0.4) is 0 Å². The quantitative estimate of drug-likeness (QED) is 0.691. The zero-order valence-corrected chi connectivity index (χ0v) is 17.1. The summed E-state index contributed by atoms with van der Waals surface area (Å²) in [6, 6.07) is 13.7. The Morgan fingerprint density at radius 1 is 1.03 bits per heavy atom. The summed E-state index contributed by atoms with van der Waals surface area (Å²) in [6.07, 6.45) is -1.70. The maximum Gasteiger partial charge on any atom is 0.573 e. The molecule has 1 aliphatic heterocycles. The Morgan fingerprint density at radius 2 is 1.77 bits per heavy atom. The molecule has 1 amide bonds. The normalized spacial score (nSPS) is 25.9. The number of methoxy groups -OCH3 is 1. The van der Waals surface area contributed by atoms with Crippen LogP contribution in [0.15, 0.2) is 48.5 Å². The van der Waals surface area contributed by atoms with Crippen LogP contribution in [0, 0.1) is 11.8 Å². The summed E-state index contributed by atoms with van der Waals surface area (Å²) < 4.78 is 46.5. The zero-order valence-electron chi connectivity index (χ0n) is 17.1. The lowest BCUT2D eigenvalue weighted by atomic mass is 9.68. The van der Waals surface area contributed by atoms with Gasteiger partial charge >= 0.3 is 6.36 Å². The van der Waals surface area contributed by atoms with Gasteiger partial charge in [-0.25, -0.2) is 0 Å². The number of carbonyl (C=O) groups excluding carboxylic acids is 1. The fourth-order valence-corrected chi connectivity index (χ4v) is 4.80. The second-order valence-electron chi connectivity index (χ2n) is 8.13. The fourth-order valence-electron chi connectivity index (χ4n) is 4.80. The van der Waals surface area contributed by atoms with Gasteiger partial charge in [0, 0.05) is 5.92 Å². The molecule has 1 aliphatic carbocycles. The van der Waals surface area contributed by atoms with E-state index in [2.05, 4.69) is 15.4 Å². The third-order valence-electron chi connectivity index (χ3n) is 6.20. The van der Waals surface area contributed by atoms with Crippen molar-refractivity contribution in [3.8, 4) is 11.5 Å². The van der Waals surface area contributed by atoms with Crippen LogP contribution in [0.1, 0.15) is 37.2 Å². The molecule has 4 unspecified atom stereocenters. The Labute approximate surface area is 178 Å². The molecule has 2 N–H and O–H groups in total. The summed E-state index contributed by atoms with van der Waals surface area (Å²) in [6.45, 7) is 0. The van der Waals surface area contributed by atoms with E-state index in [0.29, 0.717) is 5.75 Å². The van der Waals surface area contributed by atoms with Gasteiger partial charge in [-0.15, -0.1) is 13.2 Å². The van der Waals surface area contributed by atoms with Gasteiger partial charge in [0.15, 0.2) is 0 Å². The van der Waals surface area contributed by atoms with E-state index >= 15 is 0 Å². The number of halogens is 3. The third-order valence-corrected chi connectivity index (χ3v) is 6.20. The highest BCUT2D eigenvalue weighted by atomic mass is 19.4. The number of rotatable bonds is 5. The number of piperidine rings is 1. The fraction of sp³-hybridized carbons (Fsp3) is 0.435. The molecule has 0 aromatic heterocycles. The lowest BCUT2D eigenvalue weighted by Gasteiger charge is -2.42. The van der Waals surface area contributed by atoms with Gasteiger partial charge in [-0.05, 0) is 67.3 Å². The summed E-state index contributed by atoms with van der Waals surface area (Å²) in [5.74, 6) is 0.922. The van der Waals surface area contributed by atoms with Gasteiger partial charge < -0.3 is 20.1 Å². The van der Waals surface area contributed by atoms with Crippen molar-refractivity contribution in [2.75, 3.05) is 12.4 Å². The van der Waals surface area contributed by atoms with Crippen molar-refractivity contribution in [1.82, 2.24) is 5.32 Å². The van der Waals surface area contributed by atoms with E-state index in [9.17, 15) is 18.0 Å². The first-order chi connectivity index (χ1) is 14.8. The highest BCUT2D eigenvalue weighted by molar-refractivity contribution is 5.80. The Morgan fingerprint density at radius 3 is 2.48 bits per heavy atom. The average Bonchev–Trinajstić information content (AvgIpc) is 2.73. The third kappa shape index (κ3) is 5.06. The largest absolute Gasteiger partial charge is 0.573 e. The van der Waals surface area contributed by atoms with Crippen LogP contribution in [0.5, 0.6) is 11.5 Å². The van der Waals surface area contributed by atoms with Crippen molar-refractivity contribution in [1.29, 1.82) is 0 Å². The molecule has 166 valence electrons. The molecule has 1 heterocycles. The number of para-hydroxylation sites is 2. The van der Waals surface area contributed by atoms with Crippen LogP contribution in [0.4, 0.5) is 18.9 Å². The molecule has 5 nitrogen and oxygen atoms in total. The minimum absolute atomic E-state index is 0.0280. The summed E-state index contributed by atoms with van der Waals surface area (Å²) in [4.78, 5) is 12.7. The maximum absolute atomic E-state index is 12.7. The lowest BCUT2D eigenvalue weighted by Crippen LogP contribution is -2.53. The van der Waals surface area contributed by atoms with Crippen molar-refractivity contribution in [2.24, 2.45) is 11.8 Å². The molecule has 2 aliphatic rings. The van der Waals surface area contributed by atoms with Gasteiger partial charge in [0.1, 0.15) is 11.5 Å². The Bertz CT molecular complexity index is 917. The number of alkyl halides is 3. The number of fused-ring (bicyclic) bond motifs is 1. The summed E-state index contributed by atoms with van der Waals surface area (Å²) in [5, 5.41) is 6.44. The van der Waals surface area contributed by atoms with E-state index in [0.717, 1.165) is 36.9 Å². The second-order valence-corrected chi connectivity index (χ2v) is 8.13. The second kappa shape index (κ2) is 8.69. The van der Waals surface area contributed by atoms with Crippen molar-refractivity contribution in [2.45, 2.75) is 44.1 Å². The molecule has 2 fully saturated rings. The molecule has 1 saturated heterocycles. The minimum atomic E-state index is -4.70. The number of nitrogens with one attached hydrogen (secondary N) is 2. The van der Waals surface area contributed by atoms with Crippen molar-refractivity contribution in [3.05, 3.63) is 54.1 Å². The topological polar surface area (TPSA) is 59.6 Å². The Kier molecular flexibility index (Phi) is 5.98. The molecule has 8 heteroatoms. The molecule has 2 aromatic carbocycles. The van der Waals surface area contributed by atoms with Crippen molar-refractivity contribution < 1.29 is 27.4 Å². The predicted molar refractivity (Wildman–Crippen MR) is 110 cm³/mol. The first-order valence-electron chi connectivity index (χ1n) is 10.4. The number of hydrogen-bond acceptors (Lipinski definition) is 4. The summed E-state index contributed by atoms with van der Waals surface area (Å²) in [7, 11) is 1.60. The molecular weight excluding hydrogens is 409 g/mol. The van der Waals surface area contributed by atoms with Crippen LogP contribution >= 0.6 is 0 Å². The van der Waals surface area contributed by atoms with Gasteiger partial charge in [-0.1, -0.05) is 24.3 Å². The minimum Gasteiger partial charge on any atom is -0.495 e. The molecule has 0 bridgehead atoms. The number of anilines is 1. The molecule has 1 saturated carbocycles. The van der Waals surface area contributed by atoms with Gasteiger partial charge in [-0.2, -0.15) is 0 Å². The van der Waals surface area contributed by atoms with E-state index in [1.54, 1.807) is 19.2 Å². The van der Waals surface area contributed by atoms with Crippen molar-refractivity contribution in [3.63, 3.8) is 0 Å². The molecule has 31 heavy (non-hydrogen) atoms. The average molecular weight is 434 g/mol. The number of amides is 1. The molecular formula is C23H25F3N2O3. The van der Waals surface area contributed by atoms with E-state index in [-0.39, 0.29) is 35.6 Å². The highest BCUT2D eigenvalue weighted by Gasteiger charge is 2.41. The van der Waals surface area contributed by atoms with E-state index in [1.165, 1.54) is 12.1 Å². The van der Waals surface area contributed by atoms with Crippen LogP contribution in [-0.2, 0) is 4.79 Å².